The molecule has 1 saturated carbocycles. The Labute approximate surface area is 124 Å². The minimum absolute atomic E-state index is 0.349. The number of fused-ring (bicyclic) bond motifs is 1. The van der Waals surface area contributed by atoms with Crippen LogP contribution in [0.2, 0.25) is 0 Å². The molecule has 1 aromatic carbocycles. The van der Waals surface area contributed by atoms with Gasteiger partial charge in [-0.1, -0.05) is 6.07 Å². The number of nitrogens with one attached hydrogen (secondary N) is 1. The minimum Gasteiger partial charge on any atom is -0.497 e. The summed E-state index contributed by atoms with van der Waals surface area (Å²) in [6, 6.07) is 8.08. The first-order valence-corrected chi connectivity index (χ1v) is 7.50. The second-order valence-corrected chi connectivity index (χ2v) is 6.02. The van der Waals surface area contributed by atoms with Crippen molar-refractivity contribution in [3.05, 3.63) is 30.5 Å². The maximum Gasteiger partial charge on any atom is 0.133 e. The highest BCUT2D eigenvalue weighted by Crippen LogP contribution is 2.30. The molecule has 0 spiro atoms. The van der Waals surface area contributed by atoms with Crippen molar-refractivity contribution < 1.29 is 4.74 Å². The van der Waals surface area contributed by atoms with Gasteiger partial charge in [0.05, 0.1) is 7.11 Å². The van der Waals surface area contributed by atoms with E-state index in [0.717, 1.165) is 36.3 Å². The SMILES string of the molecule is COc1ccc2ccnc(NCC3CCC(Cl)C3)c2c1. The Morgan fingerprint density at radius 2 is 2.25 bits per heavy atom. The van der Waals surface area contributed by atoms with Crippen LogP contribution in [0.3, 0.4) is 0 Å². The van der Waals surface area contributed by atoms with Crippen LogP contribution >= 0.6 is 11.6 Å². The molecule has 2 aromatic rings. The van der Waals surface area contributed by atoms with Gasteiger partial charge in [-0.25, -0.2) is 4.98 Å². The number of rotatable bonds is 4. The number of anilines is 1. The fourth-order valence-corrected chi connectivity index (χ4v) is 3.23. The molecule has 0 saturated heterocycles. The normalized spacial score (nSPS) is 22.1. The molecule has 20 heavy (non-hydrogen) atoms. The summed E-state index contributed by atoms with van der Waals surface area (Å²) in [5.74, 6) is 2.44. The summed E-state index contributed by atoms with van der Waals surface area (Å²) in [6.45, 7) is 0.937. The number of hydrogen-bond acceptors (Lipinski definition) is 3. The van der Waals surface area contributed by atoms with Gasteiger partial charge in [-0.3, -0.25) is 0 Å². The lowest BCUT2D eigenvalue weighted by molar-refractivity contribution is 0.415. The third-order valence-corrected chi connectivity index (χ3v) is 4.41. The molecule has 2 atom stereocenters. The van der Waals surface area contributed by atoms with Crippen LogP contribution in [0, 0.1) is 5.92 Å². The molecule has 0 aliphatic heterocycles. The third kappa shape index (κ3) is 2.83. The molecule has 1 aliphatic carbocycles. The molecular formula is C16H19ClN2O. The van der Waals surface area contributed by atoms with Crippen molar-refractivity contribution in [1.29, 1.82) is 0 Å². The number of aromatic nitrogens is 1. The Kier molecular flexibility index (Phi) is 3.97. The molecule has 2 unspecified atom stereocenters. The van der Waals surface area contributed by atoms with Gasteiger partial charge in [-0.15, -0.1) is 11.6 Å². The lowest BCUT2D eigenvalue weighted by Gasteiger charge is -2.13. The first kappa shape index (κ1) is 13.5. The Balaban J connectivity index is 1.79. The van der Waals surface area contributed by atoms with E-state index in [1.807, 2.05) is 24.4 Å². The van der Waals surface area contributed by atoms with E-state index in [2.05, 4.69) is 16.4 Å². The van der Waals surface area contributed by atoms with Gasteiger partial charge < -0.3 is 10.1 Å². The van der Waals surface area contributed by atoms with Gasteiger partial charge >= 0.3 is 0 Å². The molecule has 0 amide bonds. The predicted octanol–water partition coefficient (Wildman–Crippen LogP) is 4.06. The molecule has 0 bridgehead atoms. The van der Waals surface area contributed by atoms with Crippen molar-refractivity contribution in [3.8, 4) is 5.75 Å². The summed E-state index contributed by atoms with van der Waals surface area (Å²) in [7, 11) is 1.68. The molecule has 3 nitrogen and oxygen atoms in total. The van der Waals surface area contributed by atoms with Gasteiger partial charge in [-0.2, -0.15) is 0 Å². The van der Waals surface area contributed by atoms with Gasteiger partial charge in [0, 0.05) is 23.5 Å². The zero-order chi connectivity index (χ0) is 13.9. The number of pyridine rings is 1. The molecule has 106 valence electrons. The van der Waals surface area contributed by atoms with Crippen LogP contribution in [0.25, 0.3) is 10.8 Å². The summed E-state index contributed by atoms with van der Waals surface area (Å²) >= 11 is 6.16. The summed E-state index contributed by atoms with van der Waals surface area (Å²) < 4.78 is 5.30. The molecule has 3 rings (SSSR count). The lowest BCUT2D eigenvalue weighted by atomic mass is 10.1. The summed E-state index contributed by atoms with van der Waals surface area (Å²) in [5, 5.41) is 6.10. The van der Waals surface area contributed by atoms with Gasteiger partial charge in [0.25, 0.3) is 0 Å². The zero-order valence-corrected chi connectivity index (χ0v) is 12.4. The maximum absolute atomic E-state index is 6.16. The average Bonchev–Trinajstić information content (AvgIpc) is 2.90. The van der Waals surface area contributed by atoms with Crippen LogP contribution in [0.1, 0.15) is 19.3 Å². The van der Waals surface area contributed by atoms with E-state index < -0.39 is 0 Å². The highest BCUT2D eigenvalue weighted by Gasteiger charge is 2.22. The number of alkyl halides is 1. The number of halogens is 1. The molecule has 1 aliphatic rings. The number of ether oxygens (including phenoxy) is 1. The second kappa shape index (κ2) is 5.88. The van der Waals surface area contributed by atoms with Gasteiger partial charge in [0.15, 0.2) is 0 Å². The van der Waals surface area contributed by atoms with Gasteiger partial charge in [-0.05, 0) is 48.8 Å². The summed E-state index contributed by atoms with van der Waals surface area (Å²) in [5.41, 5.74) is 0. The largest absolute Gasteiger partial charge is 0.497 e. The van der Waals surface area contributed by atoms with Gasteiger partial charge in [0.1, 0.15) is 11.6 Å². The second-order valence-electron chi connectivity index (χ2n) is 5.40. The predicted molar refractivity (Wildman–Crippen MR) is 83.8 cm³/mol. The molecular weight excluding hydrogens is 272 g/mol. The Hall–Kier alpha value is -1.48. The van der Waals surface area contributed by atoms with Gasteiger partial charge in [0.2, 0.25) is 0 Å². The fourth-order valence-electron chi connectivity index (χ4n) is 2.86. The quantitative estimate of drug-likeness (QED) is 0.862. The van der Waals surface area contributed by atoms with E-state index in [4.69, 9.17) is 16.3 Å². The summed E-state index contributed by atoms with van der Waals surface area (Å²) in [4.78, 5) is 4.46. The molecule has 4 heteroatoms. The Morgan fingerprint density at radius 1 is 1.35 bits per heavy atom. The van der Waals surface area contributed by atoms with Crippen LogP contribution in [0.4, 0.5) is 5.82 Å². The third-order valence-electron chi connectivity index (χ3n) is 4.01. The molecule has 0 radical (unpaired) electrons. The van der Waals surface area contributed by atoms with Crippen molar-refractivity contribution in [2.75, 3.05) is 19.0 Å². The van der Waals surface area contributed by atoms with Crippen LogP contribution < -0.4 is 10.1 Å². The number of hydrogen-bond donors (Lipinski definition) is 1. The standard InChI is InChI=1S/C16H19ClN2O/c1-20-14-5-3-12-6-7-18-16(15(12)9-14)19-10-11-2-4-13(17)8-11/h3,5-7,9,11,13H,2,4,8,10H2,1H3,(H,18,19). The lowest BCUT2D eigenvalue weighted by Crippen LogP contribution is -2.12. The van der Waals surface area contributed by atoms with Crippen LogP contribution in [-0.2, 0) is 0 Å². The monoisotopic (exact) mass is 290 g/mol. The molecule has 1 fully saturated rings. The van der Waals surface area contributed by atoms with Crippen LogP contribution in [-0.4, -0.2) is 24.0 Å². The maximum atomic E-state index is 6.16. The van der Waals surface area contributed by atoms with Crippen molar-refractivity contribution in [1.82, 2.24) is 4.98 Å². The highest BCUT2D eigenvalue weighted by molar-refractivity contribution is 6.20. The Bertz CT molecular complexity index is 602. The smallest absolute Gasteiger partial charge is 0.133 e. The van der Waals surface area contributed by atoms with E-state index in [1.165, 1.54) is 11.8 Å². The van der Waals surface area contributed by atoms with E-state index in [0.29, 0.717) is 11.3 Å². The van der Waals surface area contributed by atoms with E-state index in [-0.39, 0.29) is 0 Å². The zero-order valence-electron chi connectivity index (χ0n) is 11.6. The van der Waals surface area contributed by atoms with Crippen molar-refractivity contribution in [2.45, 2.75) is 24.6 Å². The minimum atomic E-state index is 0.349. The van der Waals surface area contributed by atoms with Crippen molar-refractivity contribution in [2.24, 2.45) is 5.92 Å². The highest BCUT2D eigenvalue weighted by atomic mass is 35.5. The first-order valence-electron chi connectivity index (χ1n) is 7.07. The number of methoxy groups -OCH3 is 1. The van der Waals surface area contributed by atoms with Crippen molar-refractivity contribution in [3.63, 3.8) is 0 Å². The molecule has 1 heterocycles. The fraction of sp³-hybridized carbons (Fsp3) is 0.438. The van der Waals surface area contributed by atoms with Crippen LogP contribution in [0.15, 0.2) is 30.5 Å². The molecule has 1 N–H and O–H groups in total. The van der Waals surface area contributed by atoms with Crippen LogP contribution in [0.5, 0.6) is 5.75 Å². The van der Waals surface area contributed by atoms with E-state index >= 15 is 0 Å². The van der Waals surface area contributed by atoms with Crippen molar-refractivity contribution >= 4 is 28.2 Å². The summed E-state index contributed by atoms with van der Waals surface area (Å²) in [6.07, 6.45) is 5.28. The van der Waals surface area contributed by atoms with E-state index in [9.17, 15) is 0 Å². The Morgan fingerprint density at radius 3 is 3.00 bits per heavy atom. The topological polar surface area (TPSA) is 34.1 Å². The number of nitrogens with zero attached hydrogens (tertiary/aromatic N) is 1. The average molecular weight is 291 g/mol. The molecule has 1 aromatic heterocycles. The number of benzene rings is 1. The first-order chi connectivity index (χ1) is 9.76. The van der Waals surface area contributed by atoms with E-state index in [1.54, 1.807) is 7.11 Å².